The lowest BCUT2D eigenvalue weighted by molar-refractivity contribution is -0.117. The van der Waals surface area contributed by atoms with Crippen LogP contribution in [0.3, 0.4) is 0 Å². The average Bonchev–Trinajstić information content (AvgIpc) is 2.83. The topological polar surface area (TPSA) is 29.5 Å². The minimum absolute atomic E-state index is 0. The molecule has 1 aromatic carbocycles. The monoisotopic (exact) mass is 257 g/mol. The second-order valence-electron chi connectivity index (χ2n) is 4.65. The molecule has 1 fully saturated rings. The fourth-order valence-electron chi connectivity index (χ4n) is 2.58. The fourth-order valence-corrected chi connectivity index (χ4v) is 2.58. The zero-order valence-electron chi connectivity index (χ0n) is 10.5. The molecule has 0 atom stereocenters. The van der Waals surface area contributed by atoms with Gasteiger partial charge in [0.05, 0.1) is 12.8 Å². The maximum atomic E-state index is 11.9. The van der Waals surface area contributed by atoms with Crippen molar-refractivity contribution in [3.63, 3.8) is 0 Å². The van der Waals surface area contributed by atoms with E-state index in [1.165, 1.54) is 11.1 Å². The SMILES string of the molecule is C.COc1cc2c(cc1N1CCCC1=O)CC#CC2. The molecule has 0 saturated carbocycles. The number of ether oxygens (including phenoxy) is 1. The van der Waals surface area contributed by atoms with E-state index in [-0.39, 0.29) is 13.3 Å². The van der Waals surface area contributed by atoms with Crippen LogP contribution < -0.4 is 9.64 Å². The Morgan fingerprint density at radius 3 is 2.47 bits per heavy atom. The summed E-state index contributed by atoms with van der Waals surface area (Å²) in [6.45, 7) is 0.791. The van der Waals surface area contributed by atoms with E-state index in [9.17, 15) is 4.79 Å². The number of carbonyl (C=O) groups is 1. The molecule has 0 N–H and O–H groups in total. The summed E-state index contributed by atoms with van der Waals surface area (Å²) in [5.74, 6) is 7.19. The number of fused-ring (bicyclic) bond motifs is 1. The maximum absolute atomic E-state index is 11.9. The number of rotatable bonds is 2. The highest BCUT2D eigenvalue weighted by Crippen LogP contribution is 2.35. The molecule has 1 aromatic rings. The Kier molecular flexibility index (Phi) is 3.80. The summed E-state index contributed by atoms with van der Waals surface area (Å²) in [6, 6.07) is 4.11. The van der Waals surface area contributed by atoms with Crippen LogP contribution in [0.1, 0.15) is 31.4 Å². The van der Waals surface area contributed by atoms with Crippen LogP contribution in [0.5, 0.6) is 5.75 Å². The van der Waals surface area contributed by atoms with Crippen LogP contribution >= 0.6 is 0 Å². The first-order valence-electron chi connectivity index (χ1n) is 6.25. The van der Waals surface area contributed by atoms with Crippen molar-refractivity contribution in [1.29, 1.82) is 0 Å². The predicted molar refractivity (Wildman–Crippen MR) is 76.5 cm³/mol. The van der Waals surface area contributed by atoms with Gasteiger partial charge in [-0.2, -0.15) is 0 Å². The van der Waals surface area contributed by atoms with Gasteiger partial charge in [0.2, 0.25) is 5.91 Å². The lowest BCUT2D eigenvalue weighted by Crippen LogP contribution is -2.24. The van der Waals surface area contributed by atoms with Gasteiger partial charge in [-0.3, -0.25) is 4.79 Å². The number of methoxy groups -OCH3 is 1. The molecule has 0 unspecified atom stereocenters. The van der Waals surface area contributed by atoms with Gasteiger partial charge in [-0.05, 0) is 29.7 Å². The van der Waals surface area contributed by atoms with Gasteiger partial charge in [0.1, 0.15) is 5.75 Å². The number of amides is 1. The van der Waals surface area contributed by atoms with Crippen LogP contribution in [0.4, 0.5) is 5.69 Å². The molecule has 0 bridgehead atoms. The molecule has 1 saturated heterocycles. The highest BCUT2D eigenvalue weighted by Gasteiger charge is 2.25. The van der Waals surface area contributed by atoms with Crippen LogP contribution in [0.15, 0.2) is 12.1 Å². The van der Waals surface area contributed by atoms with E-state index in [1.807, 2.05) is 11.0 Å². The third kappa shape index (κ3) is 2.31. The fraction of sp³-hybridized carbons (Fsp3) is 0.438. The van der Waals surface area contributed by atoms with Crippen LogP contribution in [0, 0.1) is 11.8 Å². The molecule has 0 aromatic heterocycles. The molecule has 1 heterocycles. The first kappa shape index (κ1) is 13.5. The minimum atomic E-state index is 0. The van der Waals surface area contributed by atoms with Crippen molar-refractivity contribution in [1.82, 2.24) is 0 Å². The lowest BCUT2D eigenvalue weighted by Gasteiger charge is -2.21. The second-order valence-corrected chi connectivity index (χ2v) is 4.65. The predicted octanol–water partition coefficient (Wildman–Crippen LogP) is 2.56. The van der Waals surface area contributed by atoms with E-state index >= 15 is 0 Å². The zero-order chi connectivity index (χ0) is 12.5. The van der Waals surface area contributed by atoms with Crippen molar-refractivity contribution in [2.75, 3.05) is 18.6 Å². The number of anilines is 1. The Hall–Kier alpha value is -1.95. The summed E-state index contributed by atoms with van der Waals surface area (Å²) in [4.78, 5) is 13.7. The quantitative estimate of drug-likeness (QED) is 0.762. The summed E-state index contributed by atoms with van der Waals surface area (Å²) in [7, 11) is 1.65. The molecule has 19 heavy (non-hydrogen) atoms. The molecule has 100 valence electrons. The molecule has 1 amide bonds. The third-order valence-corrected chi connectivity index (χ3v) is 3.55. The Balaban J connectivity index is 0.00000133. The second kappa shape index (κ2) is 5.36. The maximum Gasteiger partial charge on any atom is 0.227 e. The van der Waals surface area contributed by atoms with Gasteiger partial charge in [0.25, 0.3) is 0 Å². The number of hydrogen-bond acceptors (Lipinski definition) is 2. The van der Waals surface area contributed by atoms with E-state index in [2.05, 4.69) is 17.9 Å². The third-order valence-electron chi connectivity index (χ3n) is 3.55. The summed E-state index contributed by atoms with van der Waals surface area (Å²) >= 11 is 0. The van der Waals surface area contributed by atoms with Gasteiger partial charge in [-0.25, -0.2) is 0 Å². The van der Waals surface area contributed by atoms with Crippen molar-refractivity contribution >= 4 is 11.6 Å². The Morgan fingerprint density at radius 2 is 1.89 bits per heavy atom. The zero-order valence-corrected chi connectivity index (χ0v) is 10.5. The van der Waals surface area contributed by atoms with Gasteiger partial charge in [0, 0.05) is 25.8 Å². The molecular formula is C16H19NO2. The summed E-state index contributed by atoms with van der Waals surface area (Å²) < 4.78 is 5.43. The van der Waals surface area contributed by atoms with Crippen LogP contribution in [-0.4, -0.2) is 19.6 Å². The average molecular weight is 257 g/mol. The molecule has 1 aliphatic heterocycles. The highest BCUT2D eigenvalue weighted by atomic mass is 16.5. The molecule has 3 nitrogen and oxygen atoms in total. The Morgan fingerprint density at radius 1 is 1.21 bits per heavy atom. The summed E-state index contributed by atoms with van der Waals surface area (Å²) in [5, 5.41) is 0. The van der Waals surface area contributed by atoms with Crippen LogP contribution in [0.25, 0.3) is 0 Å². The summed E-state index contributed by atoms with van der Waals surface area (Å²) in [6.07, 6.45) is 3.12. The largest absolute Gasteiger partial charge is 0.495 e. The van der Waals surface area contributed by atoms with Gasteiger partial charge in [0.15, 0.2) is 0 Å². The molecular weight excluding hydrogens is 238 g/mol. The summed E-state index contributed by atoms with van der Waals surface area (Å²) in [5.41, 5.74) is 3.35. The van der Waals surface area contributed by atoms with Crippen molar-refractivity contribution < 1.29 is 9.53 Å². The van der Waals surface area contributed by atoms with E-state index in [0.717, 1.165) is 37.2 Å². The first-order valence-corrected chi connectivity index (χ1v) is 6.25. The first-order chi connectivity index (χ1) is 8.79. The van der Waals surface area contributed by atoms with E-state index in [1.54, 1.807) is 7.11 Å². The number of carbonyl (C=O) groups excluding carboxylic acids is 1. The Labute approximate surface area is 114 Å². The number of benzene rings is 1. The molecule has 2 aliphatic rings. The normalized spacial score (nSPS) is 16.3. The van der Waals surface area contributed by atoms with E-state index in [0.29, 0.717) is 6.42 Å². The van der Waals surface area contributed by atoms with Gasteiger partial charge in [-0.1, -0.05) is 19.3 Å². The van der Waals surface area contributed by atoms with Gasteiger partial charge < -0.3 is 9.64 Å². The van der Waals surface area contributed by atoms with E-state index < -0.39 is 0 Å². The van der Waals surface area contributed by atoms with Crippen LogP contribution in [0.2, 0.25) is 0 Å². The van der Waals surface area contributed by atoms with Crippen LogP contribution in [-0.2, 0) is 17.6 Å². The van der Waals surface area contributed by atoms with E-state index in [4.69, 9.17) is 4.74 Å². The molecule has 0 spiro atoms. The van der Waals surface area contributed by atoms with Crippen molar-refractivity contribution in [2.24, 2.45) is 0 Å². The highest BCUT2D eigenvalue weighted by molar-refractivity contribution is 5.97. The molecule has 0 radical (unpaired) electrons. The van der Waals surface area contributed by atoms with Gasteiger partial charge in [-0.15, -0.1) is 0 Å². The number of hydrogen-bond donors (Lipinski definition) is 0. The van der Waals surface area contributed by atoms with Crippen molar-refractivity contribution in [3.8, 4) is 17.6 Å². The van der Waals surface area contributed by atoms with Gasteiger partial charge >= 0.3 is 0 Å². The smallest absolute Gasteiger partial charge is 0.227 e. The van der Waals surface area contributed by atoms with Crippen molar-refractivity contribution in [3.05, 3.63) is 23.3 Å². The lowest BCUT2D eigenvalue weighted by atomic mass is 9.97. The van der Waals surface area contributed by atoms with Crippen molar-refractivity contribution in [2.45, 2.75) is 33.1 Å². The standard InChI is InChI=1S/C15H15NO2.CH4/c1-18-14-10-12-6-3-2-5-11(12)9-13(14)16-8-4-7-15(16)17;/h9-10H,4-8H2,1H3;1H4. The number of nitrogens with zero attached hydrogens (tertiary/aromatic N) is 1. The molecule has 1 aliphatic carbocycles. The Bertz CT molecular complexity index is 566. The molecule has 3 heteroatoms. The minimum Gasteiger partial charge on any atom is -0.495 e. The molecule has 3 rings (SSSR count).